The Balaban J connectivity index is 2.33. The van der Waals surface area contributed by atoms with Crippen LogP contribution in [0.1, 0.15) is 49.0 Å². The summed E-state index contributed by atoms with van der Waals surface area (Å²) in [6.07, 6.45) is 3.31. The van der Waals surface area contributed by atoms with E-state index in [4.69, 9.17) is 11.5 Å². The fraction of sp³-hybridized carbons (Fsp3) is 0.533. The molecule has 0 radical (unpaired) electrons. The number of carbonyl (C=O) groups is 1. The molecule has 4 nitrogen and oxygen atoms in total. The van der Waals surface area contributed by atoms with E-state index in [-0.39, 0.29) is 18.0 Å². The van der Waals surface area contributed by atoms with Gasteiger partial charge in [0, 0.05) is 29.0 Å². The Labute approximate surface area is 114 Å². The molecular formula is C15H23N3O. The minimum absolute atomic E-state index is 0.0399. The highest BCUT2D eigenvalue weighted by molar-refractivity contribution is 5.97. The van der Waals surface area contributed by atoms with Gasteiger partial charge in [0.1, 0.15) is 0 Å². The van der Waals surface area contributed by atoms with Crippen LogP contribution in [0.3, 0.4) is 0 Å². The van der Waals surface area contributed by atoms with Crippen LogP contribution >= 0.6 is 0 Å². The van der Waals surface area contributed by atoms with Crippen LogP contribution in [0.5, 0.6) is 0 Å². The maximum atomic E-state index is 12.7. The lowest BCUT2D eigenvalue weighted by molar-refractivity contribution is 0.0511. The molecule has 1 aromatic carbocycles. The minimum atomic E-state index is 0.0399. The molecule has 2 rings (SSSR count). The predicted octanol–water partition coefficient (Wildman–Crippen LogP) is 2.56. The third kappa shape index (κ3) is 2.53. The van der Waals surface area contributed by atoms with Gasteiger partial charge >= 0.3 is 0 Å². The van der Waals surface area contributed by atoms with Gasteiger partial charge in [0.15, 0.2) is 0 Å². The molecule has 0 saturated carbocycles. The normalized spacial score (nSPS) is 23.4. The van der Waals surface area contributed by atoms with Gasteiger partial charge in [-0.25, -0.2) is 0 Å². The molecule has 1 aliphatic heterocycles. The number of anilines is 2. The summed E-state index contributed by atoms with van der Waals surface area (Å²) in [5.41, 5.74) is 14.4. The van der Waals surface area contributed by atoms with Gasteiger partial charge in [0.25, 0.3) is 5.91 Å². The molecule has 4 N–H and O–H groups in total. The fourth-order valence-electron chi connectivity index (χ4n) is 2.85. The second kappa shape index (κ2) is 5.11. The number of carbonyl (C=O) groups excluding carboxylic acids is 1. The maximum absolute atomic E-state index is 12.7. The Kier molecular flexibility index (Phi) is 3.69. The molecule has 1 fully saturated rings. The van der Waals surface area contributed by atoms with Crippen LogP contribution in [0.25, 0.3) is 0 Å². The van der Waals surface area contributed by atoms with Crippen molar-refractivity contribution in [2.24, 2.45) is 0 Å². The van der Waals surface area contributed by atoms with Gasteiger partial charge in [-0.3, -0.25) is 4.79 Å². The van der Waals surface area contributed by atoms with E-state index in [1.54, 1.807) is 12.1 Å². The number of nitrogens with two attached hydrogens (primary N) is 2. The number of hydrogen-bond acceptors (Lipinski definition) is 3. The summed E-state index contributed by atoms with van der Waals surface area (Å²) in [5.74, 6) is 0.0399. The van der Waals surface area contributed by atoms with Crippen LogP contribution in [0, 0.1) is 6.92 Å². The van der Waals surface area contributed by atoms with Crippen LogP contribution in [0.15, 0.2) is 12.1 Å². The molecule has 1 amide bonds. The van der Waals surface area contributed by atoms with Crippen LogP contribution in [-0.4, -0.2) is 22.9 Å². The third-order valence-corrected chi connectivity index (χ3v) is 4.16. The SMILES string of the molecule is Cc1c(N)cc(C(=O)N2[C@H](C)CCC[C@H]2C)cc1N. The number of nitrogens with zero attached hydrogens (tertiary/aromatic N) is 1. The second-order valence-electron chi connectivity index (χ2n) is 5.62. The van der Waals surface area contributed by atoms with Crippen LogP contribution < -0.4 is 11.5 Å². The molecule has 1 aliphatic rings. The highest BCUT2D eigenvalue weighted by atomic mass is 16.2. The molecule has 0 spiro atoms. The lowest BCUT2D eigenvalue weighted by atomic mass is 9.96. The number of piperidine rings is 1. The molecule has 19 heavy (non-hydrogen) atoms. The van der Waals surface area contributed by atoms with Gasteiger partial charge in [0.2, 0.25) is 0 Å². The molecule has 2 atom stereocenters. The number of hydrogen-bond donors (Lipinski definition) is 2. The quantitative estimate of drug-likeness (QED) is 0.763. The minimum Gasteiger partial charge on any atom is -0.398 e. The van der Waals surface area contributed by atoms with E-state index in [0.717, 1.165) is 18.4 Å². The zero-order valence-electron chi connectivity index (χ0n) is 11.9. The summed E-state index contributed by atoms with van der Waals surface area (Å²) in [4.78, 5) is 14.6. The van der Waals surface area contributed by atoms with E-state index in [9.17, 15) is 4.79 Å². The lowest BCUT2D eigenvalue weighted by Crippen LogP contribution is -2.47. The van der Waals surface area contributed by atoms with Crippen LogP contribution in [0.2, 0.25) is 0 Å². The maximum Gasteiger partial charge on any atom is 0.254 e. The number of rotatable bonds is 1. The Morgan fingerprint density at radius 1 is 1.16 bits per heavy atom. The van der Waals surface area contributed by atoms with Crippen LogP contribution in [0.4, 0.5) is 11.4 Å². The van der Waals surface area contributed by atoms with E-state index in [0.29, 0.717) is 16.9 Å². The summed E-state index contributed by atoms with van der Waals surface area (Å²) in [5, 5.41) is 0. The Hall–Kier alpha value is -1.71. The monoisotopic (exact) mass is 261 g/mol. The van der Waals surface area contributed by atoms with Gasteiger partial charge in [-0.2, -0.15) is 0 Å². The molecule has 1 heterocycles. The highest BCUT2D eigenvalue weighted by Gasteiger charge is 2.29. The van der Waals surface area contributed by atoms with Crippen molar-refractivity contribution in [1.29, 1.82) is 0 Å². The average Bonchev–Trinajstić information content (AvgIpc) is 2.35. The number of likely N-dealkylation sites (tertiary alicyclic amines) is 1. The highest BCUT2D eigenvalue weighted by Crippen LogP contribution is 2.27. The van der Waals surface area contributed by atoms with E-state index in [1.807, 2.05) is 11.8 Å². The van der Waals surface area contributed by atoms with E-state index >= 15 is 0 Å². The van der Waals surface area contributed by atoms with E-state index in [1.165, 1.54) is 6.42 Å². The molecule has 4 heteroatoms. The summed E-state index contributed by atoms with van der Waals surface area (Å²) in [6.45, 7) is 6.08. The molecule has 1 aromatic rings. The average molecular weight is 261 g/mol. The smallest absolute Gasteiger partial charge is 0.254 e. The first-order valence-electron chi connectivity index (χ1n) is 6.90. The van der Waals surface area contributed by atoms with E-state index < -0.39 is 0 Å². The van der Waals surface area contributed by atoms with Crippen molar-refractivity contribution < 1.29 is 4.79 Å². The standard InChI is InChI=1S/C15H23N3O/c1-9-5-4-6-10(2)18(9)15(19)12-7-13(16)11(3)14(17)8-12/h7-10H,4-6,16-17H2,1-3H3/t9-,10-/m1/s1. The Bertz CT molecular complexity index is 465. The van der Waals surface area contributed by atoms with Gasteiger partial charge < -0.3 is 16.4 Å². The topological polar surface area (TPSA) is 72.4 Å². The largest absolute Gasteiger partial charge is 0.398 e. The fourth-order valence-corrected chi connectivity index (χ4v) is 2.85. The van der Waals surface area contributed by atoms with Crippen molar-refractivity contribution in [3.05, 3.63) is 23.3 Å². The molecule has 0 aromatic heterocycles. The Morgan fingerprint density at radius 2 is 1.63 bits per heavy atom. The first kappa shape index (κ1) is 13.7. The zero-order chi connectivity index (χ0) is 14.2. The third-order valence-electron chi connectivity index (χ3n) is 4.16. The second-order valence-corrected chi connectivity index (χ2v) is 5.62. The van der Waals surface area contributed by atoms with Crippen molar-refractivity contribution in [3.63, 3.8) is 0 Å². The molecule has 0 aliphatic carbocycles. The first-order chi connectivity index (χ1) is 8.91. The zero-order valence-corrected chi connectivity index (χ0v) is 11.9. The molecule has 0 unspecified atom stereocenters. The van der Waals surface area contributed by atoms with Gasteiger partial charge in [-0.1, -0.05) is 0 Å². The summed E-state index contributed by atoms with van der Waals surface area (Å²) in [6, 6.07) is 4.03. The predicted molar refractivity (Wildman–Crippen MR) is 78.9 cm³/mol. The number of nitrogen functional groups attached to an aromatic ring is 2. The summed E-state index contributed by atoms with van der Waals surface area (Å²) < 4.78 is 0. The molecule has 1 saturated heterocycles. The van der Waals surface area contributed by atoms with Crippen molar-refractivity contribution in [2.75, 3.05) is 11.5 Å². The molecular weight excluding hydrogens is 238 g/mol. The molecule has 104 valence electrons. The van der Waals surface area contributed by atoms with Crippen molar-refractivity contribution in [1.82, 2.24) is 4.90 Å². The summed E-state index contributed by atoms with van der Waals surface area (Å²) >= 11 is 0. The summed E-state index contributed by atoms with van der Waals surface area (Å²) in [7, 11) is 0. The van der Waals surface area contributed by atoms with Crippen molar-refractivity contribution in [2.45, 2.75) is 52.1 Å². The van der Waals surface area contributed by atoms with Crippen molar-refractivity contribution in [3.8, 4) is 0 Å². The first-order valence-corrected chi connectivity index (χ1v) is 6.90. The van der Waals surface area contributed by atoms with Crippen LogP contribution in [-0.2, 0) is 0 Å². The number of amides is 1. The Morgan fingerprint density at radius 3 is 2.11 bits per heavy atom. The molecule has 0 bridgehead atoms. The van der Waals surface area contributed by atoms with Gasteiger partial charge in [0.05, 0.1) is 0 Å². The van der Waals surface area contributed by atoms with Gasteiger partial charge in [-0.05, 0) is 57.7 Å². The van der Waals surface area contributed by atoms with E-state index in [2.05, 4.69) is 13.8 Å². The number of benzene rings is 1. The van der Waals surface area contributed by atoms with Crippen molar-refractivity contribution >= 4 is 17.3 Å². The lowest BCUT2D eigenvalue weighted by Gasteiger charge is -2.39. The van der Waals surface area contributed by atoms with Gasteiger partial charge in [-0.15, -0.1) is 0 Å².